The lowest BCUT2D eigenvalue weighted by Gasteiger charge is -2.14. The number of nitrogens with one attached hydrogen (secondary N) is 2. The highest BCUT2D eigenvalue weighted by molar-refractivity contribution is 7.89. The number of anilines is 1. The van der Waals surface area contributed by atoms with Gasteiger partial charge in [-0.2, -0.15) is 0 Å². The highest BCUT2D eigenvalue weighted by Gasteiger charge is 2.24. The Morgan fingerprint density at radius 3 is 2.61 bits per heavy atom. The number of hydrogen-bond acceptors (Lipinski definition) is 9. The Labute approximate surface area is 166 Å². The van der Waals surface area contributed by atoms with Crippen molar-refractivity contribution < 1.29 is 27.5 Å². The van der Waals surface area contributed by atoms with E-state index in [1.807, 2.05) is 0 Å². The number of carbonyl (C=O) groups is 2. The average molecular weight is 428 g/mol. The molecule has 1 aromatic heterocycles. The molecule has 0 spiro atoms. The average Bonchev–Trinajstić information content (AvgIpc) is 3.08. The van der Waals surface area contributed by atoms with E-state index in [1.165, 1.54) is 25.3 Å². The summed E-state index contributed by atoms with van der Waals surface area (Å²) in [7, 11) is -2.57. The summed E-state index contributed by atoms with van der Waals surface area (Å²) in [6, 6.07) is 3.63. The third kappa shape index (κ3) is 5.03. The van der Waals surface area contributed by atoms with Crippen molar-refractivity contribution in [3.63, 3.8) is 0 Å². The van der Waals surface area contributed by atoms with E-state index in [1.54, 1.807) is 20.8 Å². The smallest absolute Gasteiger partial charge is 0.362 e. The third-order valence-electron chi connectivity index (χ3n) is 3.29. The predicted octanol–water partition coefficient (Wildman–Crippen LogP) is 1.66. The molecule has 0 bridgehead atoms. The van der Waals surface area contributed by atoms with Gasteiger partial charge in [-0.3, -0.25) is 4.79 Å². The number of benzene rings is 1. The minimum absolute atomic E-state index is 0.0492. The molecule has 152 valence electrons. The molecule has 2 aromatic rings. The Bertz CT molecular complexity index is 971. The van der Waals surface area contributed by atoms with E-state index in [-0.39, 0.29) is 39.6 Å². The molecule has 1 aromatic carbocycles. The second-order valence-electron chi connectivity index (χ2n) is 5.77. The monoisotopic (exact) mass is 428 g/mol. The Morgan fingerprint density at radius 1 is 1.29 bits per heavy atom. The summed E-state index contributed by atoms with van der Waals surface area (Å²) in [4.78, 5) is 24.2. The van der Waals surface area contributed by atoms with Gasteiger partial charge in [-0.1, -0.05) is 4.49 Å². The Morgan fingerprint density at radius 2 is 2.00 bits per heavy atom. The van der Waals surface area contributed by atoms with E-state index >= 15 is 0 Å². The normalized spacial score (nSPS) is 11.3. The molecule has 0 atom stereocenters. The minimum Gasteiger partial charge on any atom is -0.495 e. The summed E-state index contributed by atoms with van der Waals surface area (Å²) >= 11 is 0.803. The summed E-state index contributed by atoms with van der Waals surface area (Å²) in [5, 5.41) is 6.25. The van der Waals surface area contributed by atoms with Gasteiger partial charge in [-0.15, -0.1) is 5.10 Å². The van der Waals surface area contributed by atoms with Gasteiger partial charge in [-0.25, -0.2) is 17.9 Å². The van der Waals surface area contributed by atoms with E-state index in [9.17, 15) is 18.0 Å². The van der Waals surface area contributed by atoms with Gasteiger partial charge >= 0.3 is 5.97 Å². The Hall–Kier alpha value is -2.57. The van der Waals surface area contributed by atoms with Crippen molar-refractivity contribution >= 4 is 38.4 Å². The maximum absolute atomic E-state index is 12.6. The predicted molar refractivity (Wildman–Crippen MR) is 102 cm³/mol. The summed E-state index contributed by atoms with van der Waals surface area (Å²) < 4.78 is 41.1. The van der Waals surface area contributed by atoms with E-state index in [4.69, 9.17) is 9.47 Å². The minimum atomic E-state index is -3.90. The lowest BCUT2D eigenvalue weighted by Crippen LogP contribution is -2.30. The fourth-order valence-corrected chi connectivity index (χ4v) is 4.18. The SMILES string of the molecule is CCOC(=O)c1nnsc1NC(=O)c1ccc(OC)c(S(=O)(=O)NC(C)C)c1. The molecular formula is C16H20N4O6S2. The molecule has 2 rings (SSSR count). The van der Waals surface area contributed by atoms with Crippen LogP contribution in [0.15, 0.2) is 23.1 Å². The fraction of sp³-hybridized carbons (Fsp3) is 0.375. The van der Waals surface area contributed by atoms with Crippen LogP contribution in [0.2, 0.25) is 0 Å². The molecule has 0 fully saturated rings. The summed E-state index contributed by atoms with van der Waals surface area (Å²) in [5.41, 5.74) is -0.0730. The number of amides is 1. The highest BCUT2D eigenvalue weighted by Crippen LogP contribution is 2.26. The maximum Gasteiger partial charge on any atom is 0.362 e. The number of aromatic nitrogens is 2. The maximum atomic E-state index is 12.6. The van der Waals surface area contributed by atoms with Crippen molar-refractivity contribution in [1.82, 2.24) is 14.3 Å². The van der Waals surface area contributed by atoms with Gasteiger partial charge in [0, 0.05) is 23.1 Å². The molecule has 0 saturated carbocycles. The number of methoxy groups -OCH3 is 1. The number of carbonyl (C=O) groups excluding carboxylic acids is 2. The molecule has 0 unspecified atom stereocenters. The van der Waals surface area contributed by atoms with Crippen LogP contribution in [0.3, 0.4) is 0 Å². The molecule has 0 saturated heterocycles. The zero-order valence-corrected chi connectivity index (χ0v) is 17.3. The van der Waals surface area contributed by atoms with Crippen molar-refractivity contribution in [2.45, 2.75) is 31.7 Å². The standard InChI is InChI=1S/C16H20N4O6S2/c1-5-26-16(22)13-15(27-20-18-13)17-14(21)10-6-7-11(25-4)12(8-10)28(23,24)19-9(2)3/h6-9,19H,5H2,1-4H3,(H,17,21). The Balaban J connectivity index is 2.34. The summed E-state index contributed by atoms with van der Waals surface area (Å²) in [6.07, 6.45) is 0. The van der Waals surface area contributed by atoms with Crippen molar-refractivity contribution in [3.8, 4) is 5.75 Å². The number of esters is 1. The largest absolute Gasteiger partial charge is 0.495 e. The second-order valence-corrected chi connectivity index (χ2v) is 8.20. The zero-order chi connectivity index (χ0) is 20.9. The molecule has 0 aliphatic carbocycles. The third-order valence-corrected chi connectivity index (χ3v) is 5.61. The van der Waals surface area contributed by atoms with Gasteiger partial charge in [0.05, 0.1) is 13.7 Å². The van der Waals surface area contributed by atoms with Crippen LogP contribution in [0.1, 0.15) is 41.6 Å². The first kappa shape index (κ1) is 21.7. The van der Waals surface area contributed by atoms with Crippen molar-refractivity contribution in [1.29, 1.82) is 0 Å². The molecule has 0 aliphatic rings. The van der Waals surface area contributed by atoms with Crippen LogP contribution in [0.5, 0.6) is 5.75 Å². The van der Waals surface area contributed by atoms with Gasteiger partial charge in [0.2, 0.25) is 15.7 Å². The summed E-state index contributed by atoms with van der Waals surface area (Å²) in [5.74, 6) is -1.26. The molecule has 1 amide bonds. The number of ether oxygens (including phenoxy) is 2. The molecule has 1 heterocycles. The van der Waals surface area contributed by atoms with Crippen LogP contribution in [-0.2, 0) is 14.8 Å². The number of rotatable bonds is 8. The first-order valence-corrected chi connectivity index (χ1v) is 10.5. The number of hydrogen-bond donors (Lipinski definition) is 2. The van der Waals surface area contributed by atoms with Crippen molar-refractivity contribution in [2.24, 2.45) is 0 Å². The highest BCUT2D eigenvalue weighted by atomic mass is 32.2. The fourth-order valence-electron chi connectivity index (χ4n) is 2.18. The molecule has 28 heavy (non-hydrogen) atoms. The quantitative estimate of drug-likeness (QED) is 0.606. The van der Waals surface area contributed by atoms with Gasteiger partial charge in [0.25, 0.3) is 5.91 Å². The van der Waals surface area contributed by atoms with Crippen LogP contribution < -0.4 is 14.8 Å². The Kier molecular flexibility index (Phi) is 7.05. The van der Waals surface area contributed by atoms with Crippen LogP contribution in [-0.4, -0.2) is 49.6 Å². The van der Waals surface area contributed by atoms with Gasteiger partial charge in [0.1, 0.15) is 10.6 Å². The van der Waals surface area contributed by atoms with Gasteiger partial charge < -0.3 is 14.8 Å². The van der Waals surface area contributed by atoms with Gasteiger partial charge in [0.15, 0.2) is 5.00 Å². The molecule has 0 radical (unpaired) electrons. The van der Waals surface area contributed by atoms with E-state index < -0.39 is 21.9 Å². The first-order chi connectivity index (χ1) is 13.2. The second kappa shape index (κ2) is 9.08. The zero-order valence-electron chi connectivity index (χ0n) is 15.7. The van der Waals surface area contributed by atoms with Crippen molar-refractivity contribution in [3.05, 3.63) is 29.5 Å². The van der Waals surface area contributed by atoms with E-state index in [0.29, 0.717) is 0 Å². The lowest BCUT2D eigenvalue weighted by molar-refractivity contribution is 0.0520. The number of sulfonamides is 1. The molecule has 10 nitrogen and oxygen atoms in total. The molecule has 0 aliphatic heterocycles. The topological polar surface area (TPSA) is 137 Å². The van der Waals surface area contributed by atoms with Crippen LogP contribution in [0, 0.1) is 0 Å². The number of nitrogens with zero attached hydrogens (tertiary/aromatic N) is 2. The van der Waals surface area contributed by atoms with Crippen LogP contribution in [0.4, 0.5) is 5.00 Å². The first-order valence-electron chi connectivity index (χ1n) is 8.20. The van der Waals surface area contributed by atoms with Crippen molar-refractivity contribution in [2.75, 3.05) is 19.0 Å². The molecular weight excluding hydrogens is 408 g/mol. The van der Waals surface area contributed by atoms with Crippen LogP contribution in [0.25, 0.3) is 0 Å². The summed E-state index contributed by atoms with van der Waals surface area (Å²) in [6.45, 7) is 5.13. The van der Waals surface area contributed by atoms with Crippen LogP contribution >= 0.6 is 11.5 Å². The molecule has 2 N–H and O–H groups in total. The molecule has 12 heteroatoms. The lowest BCUT2D eigenvalue weighted by atomic mass is 10.2. The van der Waals surface area contributed by atoms with Gasteiger partial charge in [-0.05, 0) is 39.0 Å². The van der Waals surface area contributed by atoms with E-state index in [2.05, 4.69) is 19.6 Å². The van der Waals surface area contributed by atoms with E-state index in [0.717, 1.165) is 11.5 Å².